The smallest absolute Gasteiger partial charge is 0.227 e. The third-order valence-corrected chi connectivity index (χ3v) is 2.34. The van der Waals surface area contributed by atoms with E-state index < -0.39 is 0 Å². The molecular formula is C12H9N3O. The summed E-state index contributed by atoms with van der Waals surface area (Å²) in [7, 11) is 0. The Labute approximate surface area is 91.7 Å². The van der Waals surface area contributed by atoms with Gasteiger partial charge in [0, 0.05) is 29.7 Å². The second kappa shape index (κ2) is 3.34. The van der Waals surface area contributed by atoms with Crippen molar-refractivity contribution in [1.82, 2.24) is 9.97 Å². The Hall–Kier alpha value is -2.36. The zero-order chi connectivity index (χ0) is 11.0. The van der Waals surface area contributed by atoms with E-state index in [0.29, 0.717) is 17.2 Å². The van der Waals surface area contributed by atoms with Crippen molar-refractivity contribution < 1.29 is 4.42 Å². The van der Waals surface area contributed by atoms with Crippen LogP contribution < -0.4 is 5.73 Å². The molecule has 78 valence electrons. The van der Waals surface area contributed by atoms with Crippen LogP contribution in [0.4, 0.5) is 5.69 Å². The number of hydrogen-bond donors (Lipinski definition) is 1. The van der Waals surface area contributed by atoms with Crippen LogP contribution in [0.25, 0.3) is 22.6 Å². The minimum absolute atomic E-state index is 0.586. The maximum Gasteiger partial charge on any atom is 0.227 e. The Balaban J connectivity index is 2.19. The molecule has 1 aromatic carbocycles. The van der Waals surface area contributed by atoms with Crippen molar-refractivity contribution in [2.45, 2.75) is 0 Å². The first-order valence-corrected chi connectivity index (χ1v) is 4.89. The molecule has 3 rings (SSSR count). The maximum atomic E-state index is 5.67. The SMILES string of the molecule is Nc1ccc2nc(-c3ccncc3)oc2c1. The van der Waals surface area contributed by atoms with Gasteiger partial charge < -0.3 is 10.2 Å². The van der Waals surface area contributed by atoms with Crippen LogP contribution in [0.3, 0.4) is 0 Å². The summed E-state index contributed by atoms with van der Waals surface area (Å²) in [5.41, 5.74) is 8.76. The Morgan fingerprint density at radius 3 is 2.69 bits per heavy atom. The van der Waals surface area contributed by atoms with E-state index in [2.05, 4.69) is 9.97 Å². The Kier molecular flexibility index (Phi) is 1.86. The van der Waals surface area contributed by atoms with E-state index in [4.69, 9.17) is 10.2 Å². The molecule has 0 saturated carbocycles. The average molecular weight is 211 g/mol. The van der Waals surface area contributed by atoms with Gasteiger partial charge in [-0.2, -0.15) is 0 Å². The highest BCUT2D eigenvalue weighted by Gasteiger charge is 2.07. The van der Waals surface area contributed by atoms with Crippen molar-refractivity contribution in [2.75, 3.05) is 5.73 Å². The molecule has 4 nitrogen and oxygen atoms in total. The highest BCUT2D eigenvalue weighted by molar-refractivity contribution is 5.79. The normalized spacial score (nSPS) is 10.8. The molecule has 0 radical (unpaired) electrons. The predicted octanol–water partition coefficient (Wildman–Crippen LogP) is 2.47. The van der Waals surface area contributed by atoms with Gasteiger partial charge >= 0.3 is 0 Å². The molecule has 2 N–H and O–H groups in total. The third-order valence-electron chi connectivity index (χ3n) is 2.34. The van der Waals surface area contributed by atoms with Crippen LogP contribution in [-0.4, -0.2) is 9.97 Å². The van der Waals surface area contributed by atoms with Crippen LogP contribution in [0.1, 0.15) is 0 Å². The lowest BCUT2D eigenvalue weighted by Crippen LogP contribution is -1.81. The standard InChI is InChI=1S/C12H9N3O/c13-9-1-2-10-11(7-9)16-12(15-10)8-3-5-14-6-4-8/h1-7H,13H2. The number of nitrogen functional groups attached to an aromatic ring is 1. The number of aromatic nitrogens is 2. The lowest BCUT2D eigenvalue weighted by atomic mass is 10.3. The van der Waals surface area contributed by atoms with Gasteiger partial charge in [0.15, 0.2) is 5.58 Å². The molecule has 0 amide bonds. The molecule has 0 atom stereocenters. The lowest BCUT2D eigenvalue weighted by molar-refractivity contribution is 0.620. The number of fused-ring (bicyclic) bond motifs is 1. The number of nitrogens with zero attached hydrogens (tertiary/aromatic N) is 2. The van der Waals surface area contributed by atoms with Crippen LogP contribution in [0.2, 0.25) is 0 Å². The van der Waals surface area contributed by atoms with Crippen molar-refractivity contribution >= 4 is 16.8 Å². The second-order valence-electron chi connectivity index (χ2n) is 3.48. The van der Waals surface area contributed by atoms with Crippen molar-refractivity contribution in [3.8, 4) is 11.5 Å². The third kappa shape index (κ3) is 1.40. The number of pyridine rings is 1. The summed E-state index contributed by atoms with van der Waals surface area (Å²) in [6.45, 7) is 0. The van der Waals surface area contributed by atoms with Gasteiger partial charge in [-0.1, -0.05) is 0 Å². The van der Waals surface area contributed by atoms with Gasteiger partial charge in [0.1, 0.15) is 5.52 Å². The largest absolute Gasteiger partial charge is 0.436 e. The van der Waals surface area contributed by atoms with Crippen molar-refractivity contribution in [3.63, 3.8) is 0 Å². The lowest BCUT2D eigenvalue weighted by Gasteiger charge is -1.91. The maximum absolute atomic E-state index is 5.67. The number of nitrogens with two attached hydrogens (primary N) is 1. The number of anilines is 1. The highest BCUT2D eigenvalue weighted by Crippen LogP contribution is 2.24. The summed E-state index contributed by atoms with van der Waals surface area (Å²) in [6, 6.07) is 9.13. The van der Waals surface area contributed by atoms with Crippen LogP contribution in [0.5, 0.6) is 0 Å². The summed E-state index contributed by atoms with van der Waals surface area (Å²) >= 11 is 0. The van der Waals surface area contributed by atoms with Crippen LogP contribution in [0.15, 0.2) is 47.1 Å². The van der Waals surface area contributed by atoms with Gasteiger partial charge in [0.05, 0.1) is 0 Å². The number of oxazole rings is 1. The number of benzene rings is 1. The van der Waals surface area contributed by atoms with Gasteiger partial charge in [-0.05, 0) is 24.3 Å². The minimum Gasteiger partial charge on any atom is -0.436 e. The Bertz CT molecular complexity index is 631. The zero-order valence-electron chi connectivity index (χ0n) is 8.42. The molecule has 3 aromatic rings. The van der Waals surface area contributed by atoms with E-state index in [-0.39, 0.29) is 0 Å². The van der Waals surface area contributed by atoms with E-state index in [1.54, 1.807) is 24.5 Å². The van der Waals surface area contributed by atoms with E-state index in [1.807, 2.05) is 18.2 Å². The minimum atomic E-state index is 0.586. The van der Waals surface area contributed by atoms with E-state index in [1.165, 1.54) is 0 Å². The van der Waals surface area contributed by atoms with E-state index in [0.717, 1.165) is 11.1 Å². The number of hydrogen-bond acceptors (Lipinski definition) is 4. The first-order valence-electron chi connectivity index (χ1n) is 4.89. The Morgan fingerprint density at radius 2 is 1.88 bits per heavy atom. The van der Waals surface area contributed by atoms with Gasteiger partial charge in [0.2, 0.25) is 5.89 Å². The predicted molar refractivity (Wildman–Crippen MR) is 61.7 cm³/mol. The first kappa shape index (κ1) is 8.91. The van der Waals surface area contributed by atoms with Crippen LogP contribution >= 0.6 is 0 Å². The van der Waals surface area contributed by atoms with E-state index in [9.17, 15) is 0 Å². The fourth-order valence-corrected chi connectivity index (χ4v) is 1.56. The second-order valence-corrected chi connectivity index (χ2v) is 3.48. The van der Waals surface area contributed by atoms with Crippen LogP contribution in [-0.2, 0) is 0 Å². The molecule has 16 heavy (non-hydrogen) atoms. The van der Waals surface area contributed by atoms with E-state index >= 15 is 0 Å². The molecule has 0 aliphatic carbocycles. The van der Waals surface area contributed by atoms with Crippen LogP contribution in [0, 0.1) is 0 Å². The van der Waals surface area contributed by atoms with Gasteiger partial charge in [0.25, 0.3) is 0 Å². The summed E-state index contributed by atoms with van der Waals surface area (Å²) in [5.74, 6) is 0.586. The summed E-state index contributed by atoms with van der Waals surface area (Å²) in [6.07, 6.45) is 3.41. The molecular weight excluding hydrogens is 202 g/mol. The number of rotatable bonds is 1. The fraction of sp³-hybridized carbons (Fsp3) is 0. The molecule has 2 aromatic heterocycles. The molecule has 0 saturated heterocycles. The van der Waals surface area contributed by atoms with Crippen molar-refractivity contribution in [1.29, 1.82) is 0 Å². The fourth-order valence-electron chi connectivity index (χ4n) is 1.56. The van der Waals surface area contributed by atoms with Gasteiger partial charge in [-0.25, -0.2) is 4.98 Å². The molecule has 0 aliphatic heterocycles. The van der Waals surface area contributed by atoms with Gasteiger partial charge in [-0.3, -0.25) is 4.98 Å². The average Bonchev–Trinajstić information content (AvgIpc) is 2.73. The summed E-state index contributed by atoms with van der Waals surface area (Å²) in [5, 5.41) is 0. The molecule has 0 bridgehead atoms. The molecule has 0 spiro atoms. The first-order chi connectivity index (χ1) is 7.83. The quantitative estimate of drug-likeness (QED) is 0.628. The zero-order valence-corrected chi connectivity index (χ0v) is 8.42. The Morgan fingerprint density at radius 1 is 1.06 bits per heavy atom. The van der Waals surface area contributed by atoms with Crippen molar-refractivity contribution in [2.24, 2.45) is 0 Å². The molecule has 0 aliphatic rings. The van der Waals surface area contributed by atoms with Gasteiger partial charge in [-0.15, -0.1) is 0 Å². The summed E-state index contributed by atoms with van der Waals surface area (Å²) < 4.78 is 5.62. The molecule has 4 heteroatoms. The van der Waals surface area contributed by atoms with Crippen molar-refractivity contribution in [3.05, 3.63) is 42.7 Å². The summed E-state index contributed by atoms with van der Waals surface area (Å²) in [4.78, 5) is 8.32. The highest BCUT2D eigenvalue weighted by atomic mass is 16.3. The molecule has 0 fully saturated rings. The topological polar surface area (TPSA) is 64.9 Å². The molecule has 2 heterocycles. The molecule has 0 unspecified atom stereocenters. The monoisotopic (exact) mass is 211 g/mol.